The van der Waals surface area contributed by atoms with E-state index in [2.05, 4.69) is 11.8 Å². The van der Waals surface area contributed by atoms with Crippen LogP contribution in [-0.2, 0) is 0 Å². The Balaban J connectivity index is 1.83. The molecule has 0 spiro atoms. The third-order valence-corrected chi connectivity index (χ3v) is 4.13. The zero-order valence-electron chi connectivity index (χ0n) is 11.3. The number of hydrogen-bond acceptors (Lipinski definition) is 1. The summed E-state index contributed by atoms with van der Waals surface area (Å²) in [4.78, 5) is 2.46. The summed E-state index contributed by atoms with van der Waals surface area (Å²) in [6.07, 6.45) is 11.8. The summed E-state index contributed by atoms with van der Waals surface area (Å²) in [5, 5.41) is 0. The summed E-state index contributed by atoms with van der Waals surface area (Å²) < 4.78 is 8.70. The van der Waals surface area contributed by atoms with Crippen LogP contribution in [0, 0.1) is 5.92 Å². The van der Waals surface area contributed by atoms with Gasteiger partial charge in [0.15, 0.2) is 0 Å². The monoisotopic (exact) mass is 210 g/mol. The van der Waals surface area contributed by atoms with Crippen molar-refractivity contribution in [3.05, 3.63) is 0 Å². The van der Waals surface area contributed by atoms with E-state index in [1.165, 1.54) is 64.5 Å². The fourth-order valence-corrected chi connectivity index (χ4v) is 3.29. The molecule has 2 heterocycles. The minimum atomic E-state index is -0.162. The maximum Gasteiger partial charge on any atom is 0.0470 e. The Hall–Kier alpha value is -0.0400. The molecule has 2 atom stereocenters. The van der Waals surface area contributed by atoms with Gasteiger partial charge in [-0.1, -0.05) is 32.6 Å². The average molecular weight is 210 g/mol. The van der Waals surface area contributed by atoms with Gasteiger partial charge in [-0.2, -0.15) is 0 Å². The van der Waals surface area contributed by atoms with Gasteiger partial charge in [-0.25, -0.2) is 0 Å². The molecule has 15 heavy (non-hydrogen) atoms. The lowest BCUT2D eigenvalue weighted by atomic mass is 9.85. The molecule has 0 aromatic rings. The van der Waals surface area contributed by atoms with E-state index < -0.39 is 0 Å². The predicted octanol–water partition coefficient (Wildman–Crippen LogP) is 3.83. The molecule has 0 aromatic heterocycles. The smallest absolute Gasteiger partial charge is 0.0470 e. The highest BCUT2D eigenvalue weighted by molar-refractivity contribution is 4.88. The molecule has 88 valence electrons. The van der Waals surface area contributed by atoms with E-state index in [-0.39, 0.29) is 6.02 Å². The second-order valence-corrected chi connectivity index (χ2v) is 5.27. The van der Waals surface area contributed by atoms with Gasteiger partial charge in [-0.15, -0.1) is 0 Å². The maximum atomic E-state index is 8.70. The van der Waals surface area contributed by atoms with Crippen molar-refractivity contribution in [2.24, 2.45) is 5.92 Å². The highest BCUT2D eigenvalue weighted by Crippen LogP contribution is 2.34. The molecular weight excluding hydrogens is 182 g/mol. The van der Waals surface area contributed by atoms with E-state index >= 15 is 0 Å². The molecular formula is C14H27N. The van der Waals surface area contributed by atoms with Crippen LogP contribution in [0.5, 0.6) is 0 Å². The molecule has 2 saturated heterocycles. The van der Waals surface area contributed by atoms with E-state index in [9.17, 15) is 0 Å². The second-order valence-electron chi connectivity index (χ2n) is 5.27. The van der Waals surface area contributed by atoms with Crippen LogP contribution in [0.2, 0.25) is 0 Å². The average Bonchev–Trinajstić information content (AvgIpc) is 2.67. The van der Waals surface area contributed by atoms with Crippen molar-refractivity contribution >= 4 is 0 Å². The Morgan fingerprint density at radius 1 is 1.13 bits per heavy atom. The number of piperidine rings is 1. The van der Waals surface area contributed by atoms with Crippen LogP contribution in [0.15, 0.2) is 0 Å². The molecule has 0 amide bonds. The van der Waals surface area contributed by atoms with Crippen molar-refractivity contribution in [2.75, 3.05) is 13.1 Å². The zero-order chi connectivity index (χ0) is 11.4. The van der Waals surface area contributed by atoms with Gasteiger partial charge in [0.05, 0.1) is 0 Å². The first kappa shape index (κ1) is 10.1. The van der Waals surface area contributed by atoms with Crippen LogP contribution in [0.4, 0.5) is 0 Å². The Morgan fingerprint density at radius 2 is 1.93 bits per heavy atom. The van der Waals surface area contributed by atoms with Gasteiger partial charge in [-0.05, 0) is 51.1 Å². The lowest BCUT2D eigenvalue weighted by Crippen LogP contribution is -2.40. The Labute approximate surface area is 96.6 Å². The third kappa shape index (κ3) is 2.96. The zero-order valence-corrected chi connectivity index (χ0v) is 10.3. The summed E-state index contributed by atoms with van der Waals surface area (Å²) in [7, 11) is 0. The van der Waals surface area contributed by atoms with E-state index in [1.807, 2.05) is 0 Å². The normalized spacial score (nSPS) is 37.7. The summed E-state index contributed by atoms with van der Waals surface area (Å²) in [6, 6.07) is -0.162. The van der Waals surface area contributed by atoms with Crippen molar-refractivity contribution < 1.29 is 1.37 Å². The number of hydrogen-bond donors (Lipinski definition) is 0. The molecule has 0 N–H and O–H groups in total. The molecule has 0 aromatic carbocycles. The molecule has 2 aliphatic heterocycles. The first-order chi connectivity index (χ1) is 7.77. The van der Waals surface area contributed by atoms with Crippen LogP contribution in [-0.4, -0.2) is 24.0 Å². The SMILES string of the molecule is [2H][C@]12CCCN1CCC[C@H]2CCCCCC. The number of unbranched alkanes of at least 4 members (excludes halogenated alkanes) is 3. The summed E-state index contributed by atoms with van der Waals surface area (Å²) in [6.45, 7) is 4.65. The third-order valence-electron chi connectivity index (χ3n) is 4.13. The summed E-state index contributed by atoms with van der Waals surface area (Å²) in [5.41, 5.74) is 0. The van der Waals surface area contributed by atoms with Gasteiger partial charge in [0, 0.05) is 7.39 Å². The van der Waals surface area contributed by atoms with Crippen molar-refractivity contribution in [1.29, 1.82) is 0 Å². The van der Waals surface area contributed by atoms with Crippen LogP contribution < -0.4 is 0 Å². The van der Waals surface area contributed by atoms with Crippen LogP contribution in [0.3, 0.4) is 0 Å². The Bertz CT molecular complexity index is 219. The van der Waals surface area contributed by atoms with Gasteiger partial charge in [0.25, 0.3) is 0 Å². The molecule has 2 aliphatic rings. The Morgan fingerprint density at radius 3 is 2.73 bits per heavy atom. The van der Waals surface area contributed by atoms with E-state index in [4.69, 9.17) is 1.37 Å². The van der Waals surface area contributed by atoms with Crippen molar-refractivity contribution in [3.63, 3.8) is 0 Å². The van der Waals surface area contributed by atoms with E-state index in [1.54, 1.807) is 0 Å². The van der Waals surface area contributed by atoms with E-state index in [0.29, 0.717) is 5.92 Å². The van der Waals surface area contributed by atoms with Crippen LogP contribution in [0.25, 0.3) is 0 Å². The largest absolute Gasteiger partial charge is 0.300 e. The lowest BCUT2D eigenvalue weighted by molar-refractivity contribution is 0.125. The Kier molecular flexibility index (Phi) is 3.98. The van der Waals surface area contributed by atoms with Crippen molar-refractivity contribution in [1.82, 2.24) is 4.90 Å². The number of nitrogens with zero attached hydrogens (tertiary/aromatic N) is 1. The molecule has 0 unspecified atom stereocenters. The number of rotatable bonds is 5. The standard InChI is InChI=1S/C14H27N/c1-2-3-4-5-8-13-9-6-11-15-12-7-10-14(13)15/h13-14H,2-12H2,1H3/t13-,14-/m1/s1/i14D. The molecule has 1 heteroatoms. The first-order valence-corrected chi connectivity index (χ1v) is 7.02. The second kappa shape index (κ2) is 5.89. The summed E-state index contributed by atoms with van der Waals surface area (Å²) in [5.74, 6) is 0.667. The van der Waals surface area contributed by atoms with Gasteiger partial charge < -0.3 is 4.90 Å². The number of fused-ring (bicyclic) bond motifs is 1. The van der Waals surface area contributed by atoms with Crippen LogP contribution in [0.1, 0.15) is 66.1 Å². The molecule has 2 fully saturated rings. The maximum absolute atomic E-state index is 8.70. The van der Waals surface area contributed by atoms with Crippen LogP contribution >= 0.6 is 0 Å². The topological polar surface area (TPSA) is 3.24 Å². The first-order valence-electron chi connectivity index (χ1n) is 7.52. The fraction of sp³-hybridized carbons (Fsp3) is 1.00. The molecule has 0 bridgehead atoms. The van der Waals surface area contributed by atoms with Crippen molar-refractivity contribution in [2.45, 2.75) is 70.7 Å². The highest BCUT2D eigenvalue weighted by Gasteiger charge is 2.33. The predicted molar refractivity (Wildman–Crippen MR) is 66.1 cm³/mol. The van der Waals surface area contributed by atoms with Crippen molar-refractivity contribution in [3.8, 4) is 0 Å². The molecule has 2 rings (SSSR count). The minimum absolute atomic E-state index is 0.162. The molecule has 0 saturated carbocycles. The summed E-state index contributed by atoms with van der Waals surface area (Å²) >= 11 is 0. The van der Waals surface area contributed by atoms with Gasteiger partial charge in [0.2, 0.25) is 0 Å². The quantitative estimate of drug-likeness (QED) is 0.623. The van der Waals surface area contributed by atoms with Gasteiger partial charge >= 0.3 is 0 Å². The fourth-order valence-electron chi connectivity index (χ4n) is 3.29. The van der Waals surface area contributed by atoms with E-state index in [0.717, 1.165) is 6.42 Å². The van der Waals surface area contributed by atoms with Gasteiger partial charge in [-0.3, -0.25) is 0 Å². The molecule has 0 aliphatic carbocycles. The molecule has 0 radical (unpaired) electrons. The lowest BCUT2D eigenvalue weighted by Gasteiger charge is -2.36. The van der Waals surface area contributed by atoms with Gasteiger partial charge in [0.1, 0.15) is 0 Å². The molecule has 1 nitrogen and oxygen atoms in total. The minimum Gasteiger partial charge on any atom is -0.300 e. The highest BCUT2D eigenvalue weighted by atomic mass is 15.2.